The van der Waals surface area contributed by atoms with E-state index in [2.05, 4.69) is 32.8 Å². The number of nitrogens with two attached hydrogens (primary N) is 1. The fourth-order valence-corrected chi connectivity index (χ4v) is 1.91. The van der Waals surface area contributed by atoms with Crippen LogP contribution in [0.1, 0.15) is 24.7 Å². The molecule has 0 amide bonds. The Morgan fingerprint density at radius 2 is 1.90 bits per heavy atom. The van der Waals surface area contributed by atoms with Gasteiger partial charge in [0.1, 0.15) is 12.4 Å². The average Bonchev–Trinajstić information content (AvgIpc) is 2.48. The van der Waals surface area contributed by atoms with Gasteiger partial charge in [-0.3, -0.25) is 9.97 Å². The second-order valence-corrected chi connectivity index (χ2v) is 5.53. The summed E-state index contributed by atoms with van der Waals surface area (Å²) >= 11 is 3.35. The van der Waals surface area contributed by atoms with Crippen molar-refractivity contribution in [2.24, 2.45) is 5.73 Å². The molecule has 106 valence electrons. The van der Waals surface area contributed by atoms with Gasteiger partial charge in [-0.1, -0.05) is 6.92 Å². The SMILES string of the molecule is CCC(N)Cc1ccc(OCc2ccc(Br)cn2)cn1. The van der Waals surface area contributed by atoms with Crippen LogP contribution < -0.4 is 10.5 Å². The Hall–Kier alpha value is -1.46. The van der Waals surface area contributed by atoms with Gasteiger partial charge in [0.05, 0.1) is 11.9 Å². The molecule has 0 bridgehead atoms. The second kappa shape index (κ2) is 7.36. The van der Waals surface area contributed by atoms with Crippen LogP contribution >= 0.6 is 15.9 Å². The normalized spacial score (nSPS) is 12.2. The van der Waals surface area contributed by atoms with E-state index < -0.39 is 0 Å². The molecular weight excluding hydrogens is 318 g/mol. The molecule has 20 heavy (non-hydrogen) atoms. The van der Waals surface area contributed by atoms with Crippen molar-refractivity contribution in [3.63, 3.8) is 0 Å². The molecule has 2 aromatic rings. The first-order chi connectivity index (χ1) is 9.67. The maximum Gasteiger partial charge on any atom is 0.138 e. The van der Waals surface area contributed by atoms with Crippen LogP contribution in [0.25, 0.3) is 0 Å². The van der Waals surface area contributed by atoms with E-state index in [1.807, 2.05) is 24.3 Å². The molecule has 5 heteroatoms. The highest BCUT2D eigenvalue weighted by Gasteiger charge is 2.03. The molecule has 2 rings (SSSR count). The van der Waals surface area contributed by atoms with Crippen LogP contribution in [0.3, 0.4) is 0 Å². The lowest BCUT2D eigenvalue weighted by molar-refractivity contribution is 0.300. The van der Waals surface area contributed by atoms with E-state index >= 15 is 0 Å². The minimum Gasteiger partial charge on any atom is -0.486 e. The highest BCUT2D eigenvalue weighted by atomic mass is 79.9. The zero-order valence-corrected chi connectivity index (χ0v) is 13.0. The molecule has 0 radical (unpaired) electrons. The van der Waals surface area contributed by atoms with Gasteiger partial charge in [-0.15, -0.1) is 0 Å². The summed E-state index contributed by atoms with van der Waals surface area (Å²) in [5.41, 5.74) is 7.78. The van der Waals surface area contributed by atoms with E-state index in [9.17, 15) is 0 Å². The summed E-state index contributed by atoms with van der Waals surface area (Å²) in [5, 5.41) is 0. The molecule has 0 aliphatic rings. The molecule has 0 saturated heterocycles. The van der Waals surface area contributed by atoms with Crippen LogP contribution in [0, 0.1) is 0 Å². The van der Waals surface area contributed by atoms with Crippen molar-refractivity contribution in [1.82, 2.24) is 9.97 Å². The molecule has 4 nitrogen and oxygen atoms in total. The summed E-state index contributed by atoms with van der Waals surface area (Å²) in [6.45, 7) is 2.51. The van der Waals surface area contributed by atoms with Crippen molar-refractivity contribution >= 4 is 15.9 Å². The van der Waals surface area contributed by atoms with E-state index in [0.717, 1.165) is 34.5 Å². The molecule has 2 heterocycles. The van der Waals surface area contributed by atoms with Crippen LogP contribution in [-0.4, -0.2) is 16.0 Å². The third kappa shape index (κ3) is 4.58. The van der Waals surface area contributed by atoms with Crippen molar-refractivity contribution in [2.75, 3.05) is 0 Å². The first kappa shape index (κ1) is 14.9. The van der Waals surface area contributed by atoms with Gasteiger partial charge in [0.25, 0.3) is 0 Å². The second-order valence-electron chi connectivity index (χ2n) is 4.61. The van der Waals surface area contributed by atoms with Crippen molar-refractivity contribution in [3.05, 3.63) is 52.5 Å². The van der Waals surface area contributed by atoms with Crippen LogP contribution in [0.2, 0.25) is 0 Å². The van der Waals surface area contributed by atoms with Gasteiger partial charge < -0.3 is 10.5 Å². The molecule has 0 aliphatic heterocycles. The summed E-state index contributed by atoms with van der Waals surface area (Å²) in [6, 6.07) is 7.91. The number of halogens is 1. The van der Waals surface area contributed by atoms with Crippen LogP contribution in [0.15, 0.2) is 41.1 Å². The lowest BCUT2D eigenvalue weighted by Crippen LogP contribution is -2.21. The van der Waals surface area contributed by atoms with Gasteiger partial charge in [0.15, 0.2) is 0 Å². The van der Waals surface area contributed by atoms with Gasteiger partial charge in [-0.2, -0.15) is 0 Å². The third-order valence-corrected chi connectivity index (χ3v) is 3.44. The topological polar surface area (TPSA) is 61.0 Å². The Bertz CT molecular complexity index is 528. The van der Waals surface area contributed by atoms with Gasteiger partial charge in [0.2, 0.25) is 0 Å². The summed E-state index contributed by atoms with van der Waals surface area (Å²) in [4.78, 5) is 8.61. The molecule has 0 spiro atoms. The minimum atomic E-state index is 0.168. The molecule has 2 aromatic heterocycles. The average molecular weight is 336 g/mol. The molecule has 0 fully saturated rings. The molecule has 0 aliphatic carbocycles. The number of pyridine rings is 2. The standard InChI is InChI=1S/C15H18BrN3O/c1-2-12(17)7-13-5-6-15(9-19-13)20-10-14-4-3-11(16)8-18-14/h3-6,8-9,12H,2,7,10,17H2,1H3. The fraction of sp³-hybridized carbons (Fsp3) is 0.333. The highest BCUT2D eigenvalue weighted by Crippen LogP contribution is 2.13. The third-order valence-electron chi connectivity index (χ3n) is 2.97. The first-order valence-electron chi connectivity index (χ1n) is 6.61. The monoisotopic (exact) mass is 335 g/mol. The van der Waals surface area contributed by atoms with E-state index in [1.54, 1.807) is 12.4 Å². The number of hydrogen-bond acceptors (Lipinski definition) is 4. The van der Waals surface area contributed by atoms with Gasteiger partial charge in [-0.05, 0) is 46.6 Å². The quantitative estimate of drug-likeness (QED) is 0.881. The summed E-state index contributed by atoms with van der Waals surface area (Å²) in [5.74, 6) is 0.739. The number of hydrogen-bond donors (Lipinski definition) is 1. The number of ether oxygens (including phenoxy) is 1. The van der Waals surface area contributed by atoms with Crippen molar-refractivity contribution in [2.45, 2.75) is 32.4 Å². The van der Waals surface area contributed by atoms with Crippen molar-refractivity contribution in [1.29, 1.82) is 0 Å². The van der Waals surface area contributed by atoms with E-state index in [1.165, 1.54) is 0 Å². The Labute approximate surface area is 127 Å². The minimum absolute atomic E-state index is 0.168. The number of aromatic nitrogens is 2. The fourth-order valence-electron chi connectivity index (χ4n) is 1.68. The molecule has 0 aromatic carbocycles. The Balaban J connectivity index is 1.89. The summed E-state index contributed by atoms with van der Waals surface area (Å²) < 4.78 is 6.60. The van der Waals surface area contributed by atoms with E-state index in [-0.39, 0.29) is 6.04 Å². The van der Waals surface area contributed by atoms with Gasteiger partial charge in [-0.25, -0.2) is 0 Å². The number of nitrogens with zero attached hydrogens (tertiary/aromatic N) is 2. The molecule has 0 saturated carbocycles. The predicted molar refractivity (Wildman–Crippen MR) is 82.5 cm³/mol. The number of rotatable bonds is 6. The lowest BCUT2D eigenvalue weighted by atomic mass is 10.1. The smallest absolute Gasteiger partial charge is 0.138 e. The maximum absolute atomic E-state index is 5.91. The van der Waals surface area contributed by atoms with Crippen LogP contribution in [0.4, 0.5) is 0 Å². The van der Waals surface area contributed by atoms with Gasteiger partial charge >= 0.3 is 0 Å². The van der Waals surface area contributed by atoms with Crippen molar-refractivity contribution < 1.29 is 4.74 Å². The van der Waals surface area contributed by atoms with Gasteiger partial charge in [0, 0.05) is 28.8 Å². The predicted octanol–water partition coefficient (Wildman–Crippen LogP) is 3.10. The largest absolute Gasteiger partial charge is 0.486 e. The Morgan fingerprint density at radius 3 is 2.50 bits per heavy atom. The first-order valence-corrected chi connectivity index (χ1v) is 7.40. The summed E-state index contributed by atoms with van der Waals surface area (Å²) in [6.07, 6.45) is 5.24. The zero-order chi connectivity index (χ0) is 14.4. The Morgan fingerprint density at radius 1 is 1.15 bits per heavy atom. The molecule has 1 atom stereocenters. The van der Waals surface area contributed by atoms with E-state index in [4.69, 9.17) is 10.5 Å². The van der Waals surface area contributed by atoms with Crippen molar-refractivity contribution in [3.8, 4) is 5.75 Å². The summed E-state index contributed by atoms with van der Waals surface area (Å²) in [7, 11) is 0. The Kier molecular flexibility index (Phi) is 5.49. The zero-order valence-electron chi connectivity index (χ0n) is 11.4. The maximum atomic E-state index is 5.91. The van der Waals surface area contributed by atoms with E-state index in [0.29, 0.717) is 6.61 Å². The van der Waals surface area contributed by atoms with Crippen LogP contribution in [0.5, 0.6) is 5.75 Å². The molecular formula is C15H18BrN3O. The highest BCUT2D eigenvalue weighted by molar-refractivity contribution is 9.10. The molecule has 1 unspecified atom stereocenters. The van der Waals surface area contributed by atoms with Crippen LogP contribution in [-0.2, 0) is 13.0 Å². The molecule has 2 N–H and O–H groups in total. The lowest BCUT2D eigenvalue weighted by Gasteiger charge is -2.09.